The van der Waals surface area contributed by atoms with Crippen molar-refractivity contribution < 1.29 is 14.4 Å². The highest BCUT2D eigenvalue weighted by molar-refractivity contribution is 6.07. The average Bonchev–Trinajstić information content (AvgIpc) is 2.81. The second-order valence-corrected chi connectivity index (χ2v) is 6.72. The summed E-state index contributed by atoms with van der Waals surface area (Å²) in [5, 5.41) is 12.2. The quantitative estimate of drug-likeness (QED) is 0.627. The van der Waals surface area contributed by atoms with Gasteiger partial charge in [-0.2, -0.15) is 5.26 Å². The predicted octanol–water partition coefficient (Wildman–Crippen LogP) is 1.28. The molecule has 0 aromatic carbocycles. The highest BCUT2D eigenvalue weighted by atomic mass is 16.2. The third-order valence-electron chi connectivity index (χ3n) is 5.20. The van der Waals surface area contributed by atoms with Crippen molar-refractivity contribution in [3.8, 4) is 6.07 Å². The molecule has 0 unspecified atom stereocenters. The second-order valence-electron chi connectivity index (χ2n) is 6.72. The summed E-state index contributed by atoms with van der Waals surface area (Å²) in [7, 11) is 0. The molecular weight excluding hydrogens is 294 g/mol. The summed E-state index contributed by atoms with van der Waals surface area (Å²) in [6.45, 7) is -0.270. The van der Waals surface area contributed by atoms with E-state index >= 15 is 0 Å². The van der Waals surface area contributed by atoms with Crippen molar-refractivity contribution in [2.75, 3.05) is 6.54 Å². The van der Waals surface area contributed by atoms with Gasteiger partial charge >= 0.3 is 0 Å². The molecule has 3 amide bonds. The summed E-state index contributed by atoms with van der Waals surface area (Å²) in [5.41, 5.74) is -0.838. The van der Waals surface area contributed by atoms with Gasteiger partial charge in [-0.3, -0.25) is 19.3 Å². The standard InChI is InChI=1S/C17H21N3O3/c18-11-17(8-4-1-5-9-17)19-14(21)10-20-15(22)12-6-2-3-7-13(12)16(20)23/h2-3,12-13H,1,4-10H2,(H,19,21)/t12-,13-/m0/s1. The highest BCUT2D eigenvalue weighted by Crippen LogP contribution is 2.35. The number of carbonyl (C=O) groups is 3. The molecule has 1 N–H and O–H groups in total. The number of allylic oxidation sites excluding steroid dienone is 2. The van der Waals surface area contributed by atoms with Crippen LogP contribution in [0.2, 0.25) is 0 Å². The third-order valence-corrected chi connectivity index (χ3v) is 5.20. The molecule has 1 saturated heterocycles. The fourth-order valence-corrected chi connectivity index (χ4v) is 3.89. The van der Waals surface area contributed by atoms with Gasteiger partial charge in [0.15, 0.2) is 0 Å². The van der Waals surface area contributed by atoms with Gasteiger partial charge in [0.2, 0.25) is 17.7 Å². The smallest absolute Gasteiger partial charge is 0.241 e. The van der Waals surface area contributed by atoms with Crippen LogP contribution in [-0.2, 0) is 14.4 Å². The van der Waals surface area contributed by atoms with Crippen molar-refractivity contribution >= 4 is 17.7 Å². The number of imide groups is 1. The Morgan fingerprint density at radius 2 is 1.74 bits per heavy atom. The molecule has 2 aliphatic carbocycles. The van der Waals surface area contributed by atoms with Crippen LogP contribution in [0.5, 0.6) is 0 Å². The van der Waals surface area contributed by atoms with Crippen LogP contribution in [0, 0.1) is 23.2 Å². The number of rotatable bonds is 3. The number of amides is 3. The van der Waals surface area contributed by atoms with Gasteiger partial charge in [0, 0.05) is 0 Å². The summed E-state index contributed by atoms with van der Waals surface area (Å²) < 4.78 is 0. The molecule has 1 heterocycles. The van der Waals surface area contributed by atoms with E-state index in [1.165, 1.54) is 0 Å². The minimum absolute atomic E-state index is 0.255. The van der Waals surface area contributed by atoms with E-state index in [2.05, 4.69) is 11.4 Å². The Hall–Kier alpha value is -2.16. The summed E-state index contributed by atoms with van der Waals surface area (Å²) in [5.74, 6) is -1.56. The van der Waals surface area contributed by atoms with E-state index in [4.69, 9.17) is 0 Å². The fraction of sp³-hybridized carbons (Fsp3) is 0.647. The van der Waals surface area contributed by atoms with Gasteiger partial charge in [-0.25, -0.2) is 0 Å². The van der Waals surface area contributed by atoms with Gasteiger partial charge in [-0.15, -0.1) is 0 Å². The molecule has 122 valence electrons. The molecule has 0 bridgehead atoms. The Morgan fingerprint density at radius 1 is 1.17 bits per heavy atom. The number of likely N-dealkylation sites (tertiary alicyclic amines) is 1. The van der Waals surface area contributed by atoms with E-state index in [1.54, 1.807) is 0 Å². The van der Waals surface area contributed by atoms with Gasteiger partial charge in [-0.1, -0.05) is 31.4 Å². The molecule has 0 aromatic heterocycles. The Morgan fingerprint density at radius 3 is 2.26 bits per heavy atom. The maximum absolute atomic E-state index is 12.4. The number of carbonyl (C=O) groups excluding carboxylic acids is 3. The van der Waals surface area contributed by atoms with Crippen LogP contribution < -0.4 is 5.32 Å². The second kappa shape index (κ2) is 6.15. The molecule has 6 nitrogen and oxygen atoms in total. The molecular formula is C17H21N3O3. The minimum Gasteiger partial charge on any atom is -0.336 e. The predicted molar refractivity (Wildman–Crippen MR) is 81.6 cm³/mol. The summed E-state index contributed by atoms with van der Waals surface area (Å²) in [6.07, 6.45) is 9.12. The lowest BCUT2D eigenvalue weighted by molar-refractivity contribution is -0.144. The Labute approximate surface area is 135 Å². The first-order valence-corrected chi connectivity index (χ1v) is 8.29. The zero-order chi connectivity index (χ0) is 16.4. The summed E-state index contributed by atoms with van der Waals surface area (Å²) in [4.78, 5) is 38.1. The zero-order valence-corrected chi connectivity index (χ0v) is 13.1. The summed E-state index contributed by atoms with van der Waals surface area (Å²) >= 11 is 0. The number of nitrogens with one attached hydrogen (secondary N) is 1. The van der Waals surface area contributed by atoms with E-state index in [-0.39, 0.29) is 30.2 Å². The SMILES string of the molecule is N#CC1(NC(=O)CN2C(=O)[C@H]3CC=CC[C@@H]3C2=O)CCCCC1. The number of hydrogen-bond donors (Lipinski definition) is 1. The normalized spacial score (nSPS) is 29.1. The van der Waals surface area contributed by atoms with E-state index in [0.717, 1.165) is 24.2 Å². The van der Waals surface area contributed by atoms with Crippen LogP contribution >= 0.6 is 0 Å². The molecule has 1 saturated carbocycles. The molecule has 2 atom stereocenters. The van der Waals surface area contributed by atoms with Crippen molar-refractivity contribution in [1.82, 2.24) is 10.2 Å². The van der Waals surface area contributed by atoms with Crippen LogP contribution in [-0.4, -0.2) is 34.7 Å². The van der Waals surface area contributed by atoms with Gasteiger partial charge < -0.3 is 5.32 Å². The maximum atomic E-state index is 12.4. The van der Waals surface area contributed by atoms with Gasteiger partial charge in [-0.05, 0) is 25.7 Å². The molecule has 0 radical (unpaired) electrons. The van der Waals surface area contributed by atoms with E-state index in [9.17, 15) is 19.6 Å². The van der Waals surface area contributed by atoms with Crippen molar-refractivity contribution in [1.29, 1.82) is 5.26 Å². The number of nitriles is 1. The van der Waals surface area contributed by atoms with Gasteiger partial charge in [0.05, 0.1) is 17.9 Å². The summed E-state index contributed by atoms with van der Waals surface area (Å²) in [6, 6.07) is 2.22. The van der Waals surface area contributed by atoms with Crippen LogP contribution in [0.25, 0.3) is 0 Å². The topological polar surface area (TPSA) is 90.3 Å². The van der Waals surface area contributed by atoms with Crippen molar-refractivity contribution in [3.63, 3.8) is 0 Å². The first-order chi connectivity index (χ1) is 11.1. The van der Waals surface area contributed by atoms with Crippen molar-refractivity contribution in [2.24, 2.45) is 11.8 Å². The molecule has 1 aliphatic heterocycles. The lowest BCUT2D eigenvalue weighted by Crippen LogP contribution is -2.52. The van der Waals surface area contributed by atoms with Crippen LogP contribution in [0.15, 0.2) is 12.2 Å². The molecule has 6 heteroatoms. The minimum atomic E-state index is -0.838. The number of nitrogens with zero attached hydrogens (tertiary/aromatic N) is 2. The largest absolute Gasteiger partial charge is 0.336 e. The van der Waals surface area contributed by atoms with E-state index in [0.29, 0.717) is 25.7 Å². The fourth-order valence-electron chi connectivity index (χ4n) is 3.89. The molecule has 3 aliphatic rings. The van der Waals surface area contributed by atoms with E-state index in [1.807, 2.05) is 12.2 Å². The molecule has 23 heavy (non-hydrogen) atoms. The lowest BCUT2D eigenvalue weighted by Gasteiger charge is -2.32. The lowest BCUT2D eigenvalue weighted by atomic mass is 9.83. The van der Waals surface area contributed by atoms with Crippen LogP contribution in [0.4, 0.5) is 0 Å². The Bertz CT molecular complexity index is 573. The Balaban J connectivity index is 1.65. The zero-order valence-electron chi connectivity index (χ0n) is 13.1. The molecule has 0 aromatic rings. The van der Waals surface area contributed by atoms with E-state index < -0.39 is 11.4 Å². The monoisotopic (exact) mass is 315 g/mol. The van der Waals surface area contributed by atoms with Crippen molar-refractivity contribution in [3.05, 3.63) is 12.2 Å². The van der Waals surface area contributed by atoms with Crippen LogP contribution in [0.1, 0.15) is 44.9 Å². The molecule has 0 spiro atoms. The van der Waals surface area contributed by atoms with Gasteiger partial charge in [0.1, 0.15) is 12.1 Å². The average molecular weight is 315 g/mol. The molecule has 2 fully saturated rings. The highest BCUT2D eigenvalue weighted by Gasteiger charge is 2.48. The maximum Gasteiger partial charge on any atom is 0.241 e. The Kier molecular flexibility index (Phi) is 4.20. The van der Waals surface area contributed by atoms with Gasteiger partial charge in [0.25, 0.3) is 0 Å². The number of fused-ring (bicyclic) bond motifs is 1. The first-order valence-electron chi connectivity index (χ1n) is 8.29. The first kappa shape index (κ1) is 15.7. The molecule has 3 rings (SSSR count). The van der Waals surface area contributed by atoms with Crippen LogP contribution in [0.3, 0.4) is 0 Å². The third kappa shape index (κ3) is 2.88. The number of hydrogen-bond acceptors (Lipinski definition) is 4. The van der Waals surface area contributed by atoms with Crippen molar-refractivity contribution in [2.45, 2.75) is 50.5 Å².